The van der Waals surface area contributed by atoms with Crippen molar-refractivity contribution in [1.29, 1.82) is 5.26 Å². The number of nitriles is 1. The zero-order valence-corrected chi connectivity index (χ0v) is 11.6. The SMILES string of the molecule is COc1cc(CNCCc2ncn(C)n2)ccc1C#N. The molecular weight excluding hydrogens is 254 g/mol. The van der Waals surface area contributed by atoms with Crippen LogP contribution in [0.4, 0.5) is 0 Å². The third-order valence-corrected chi connectivity index (χ3v) is 2.89. The summed E-state index contributed by atoms with van der Waals surface area (Å²) in [5.74, 6) is 1.44. The molecule has 2 aromatic rings. The normalized spacial score (nSPS) is 10.2. The summed E-state index contributed by atoms with van der Waals surface area (Å²) in [6.45, 7) is 1.52. The van der Waals surface area contributed by atoms with Gasteiger partial charge in [0, 0.05) is 26.6 Å². The van der Waals surface area contributed by atoms with Gasteiger partial charge in [-0.05, 0) is 17.7 Å². The number of benzene rings is 1. The van der Waals surface area contributed by atoms with Crippen LogP contribution in [-0.4, -0.2) is 28.4 Å². The number of hydrogen-bond donors (Lipinski definition) is 1. The van der Waals surface area contributed by atoms with E-state index in [2.05, 4.69) is 21.5 Å². The van der Waals surface area contributed by atoms with Crippen LogP contribution in [0.5, 0.6) is 5.75 Å². The maximum atomic E-state index is 8.92. The highest BCUT2D eigenvalue weighted by Crippen LogP contribution is 2.18. The van der Waals surface area contributed by atoms with Crippen molar-refractivity contribution in [1.82, 2.24) is 20.1 Å². The van der Waals surface area contributed by atoms with E-state index in [-0.39, 0.29) is 0 Å². The minimum absolute atomic E-state index is 0.550. The van der Waals surface area contributed by atoms with E-state index in [4.69, 9.17) is 10.00 Å². The number of nitrogens with one attached hydrogen (secondary N) is 1. The van der Waals surface area contributed by atoms with Gasteiger partial charge < -0.3 is 10.1 Å². The lowest BCUT2D eigenvalue weighted by Gasteiger charge is -2.07. The highest BCUT2D eigenvalue weighted by Gasteiger charge is 2.04. The Bertz CT molecular complexity index is 614. The minimum Gasteiger partial charge on any atom is -0.495 e. The zero-order valence-electron chi connectivity index (χ0n) is 11.6. The molecule has 1 N–H and O–H groups in total. The molecule has 20 heavy (non-hydrogen) atoms. The van der Waals surface area contributed by atoms with E-state index in [1.54, 1.807) is 24.2 Å². The standard InChI is InChI=1S/C14H17N5O/c1-19-10-17-14(18-19)5-6-16-9-11-3-4-12(8-15)13(7-11)20-2/h3-4,7,10,16H,5-6,9H2,1-2H3. The molecular formula is C14H17N5O. The van der Waals surface area contributed by atoms with E-state index in [1.807, 2.05) is 19.2 Å². The molecule has 0 aliphatic rings. The first-order chi connectivity index (χ1) is 9.72. The van der Waals surface area contributed by atoms with Gasteiger partial charge in [-0.3, -0.25) is 4.68 Å². The molecule has 1 aromatic carbocycles. The molecule has 0 saturated carbocycles. The van der Waals surface area contributed by atoms with E-state index >= 15 is 0 Å². The molecule has 1 heterocycles. The van der Waals surface area contributed by atoms with Crippen LogP contribution in [0.1, 0.15) is 17.0 Å². The van der Waals surface area contributed by atoms with Gasteiger partial charge in [0.05, 0.1) is 12.7 Å². The number of methoxy groups -OCH3 is 1. The van der Waals surface area contributed by atoms with Crippen molar-refractivity contribution in [3.63, 3.8) is 0 Å². The third kappa shape index (κ3) is 3.56. The lowest BCUT2D eigenvalue weighted by Crippen LogP contribution is -2.17. The van der Waals surface area contributed by atoms with Crippen LogP contribution in [0.2, 0.25) is 0 Å². The Morgan fingerprint density at radius 1 is 1.45 bits per heavy atom. The smallest absolute Gasteiger partial charge is 0.151 e. The number of hydrogen-bond acceptors (Lipinski definition) is 5. The number of aromatic nitrogens is 3. The fraction of sp³-hybridized carbons (Fsp3) is 0.357. The third-order valence-electron chi connectivity index (χ3n) is 2.89. The van der Waals surface area contributed by atoms with E-state index in [1.165, 1.54) is 0 Å². The molecule has 0 saturated heterocycles. The summed E-state index contributed by atoms with van der Waals surface area (Å²) in [6.07, 6.45) is 2.48. The Morgan fingerprint density at radius 3 is 2.95 bits per heavy atom. The zero-order chi connectivity index (χ0) is 14.4. The monoisotopic (exact) mass is 271 g/mol. The molecule has 0 amide bonds. The second-order valence-corrected chi connectivity index (χ2v) is 4.41. The van der Waals surface area contributed by atoms with Crippen molar-refractivity contribution < 1.29 is 4.74 Å². The summed E-state index contributed by atoms with van der Waals surface area (Å²) >= 11 is 0. The van der Waals surface area contributed by atoms with Gasteiger partial charge in [0.1, 0.15) is 18.1 Å². The minimum atomic E-state index is 0.550. The molecule has 0 aliphatic carbocycles. The first-order valence-corrected chi connectivity index (χ1v) is 6.35. The Morgan fingerprint density at radius 2 is 2.30 bits per heavy atom. The van der Waals surface area contributed by atoms with Gasteiger partial charge in [0.2, 0.25) is 0 Å². The Hall–Kier alpha value is -2.39. The van der Waals surface area contributed by atoms with Crippen LogP contribution < -0.4 is 10.1 Å². The van der Waals surface area contributed by atoms with E-state index in [0.717, 1.165) is 30.9 Å². The molecule has 6 heteroatoms. The second-order valence-electron chi connectivity index (χ2n) is 4.41. The summed E-state index contributed by atoms with van der Waals surface area (Å²) in [5.41, 5.74) is 1.63. The van der Waals surface area contributed by atoms with E-state index < -0.39 is 0 Å². The van der Waals surface area contributed by atoms with Gasteiger partial charge >= 0.3 is 0 Å². The average Bonchev–Trinajstić information content (AvgIpc) is 2.89. The summed E-state index contributed by atoms with van der Waals surface area (Å²) in [4.78, 5) is 4.17. The van der Waals surface area contributed by atoms with Crippen molar-refractivity contribution >= 4 is 0 Å². The van der Waals surface area contributed by atoms with Crippen LogP contribution >= 0.6 is 0 Å². The first kappa shape index (κ1) is 14.0. The molecule has 1 aromatic heterocycles. The Balaban J connectivity index is 1.83. The molecule has 0 fully saturated rings. The van der Waals surface area contributed by atoms with Crippen LogP contribution in [0, 0.1) is 11.3 Å². The maximum absolute atomic E-state index is 8.92. The quantitative estimate of drug-likeness (QED) is 0.794. The topological polar surface area (TPSA) is 75.8 Å². The molecule has 6 nitrogen and oxygen atoms in total. The first-order valence-electron chi connectivity index (χ1n) is 6.35. The van der Waals surface area contributed by atoms with E-state index in [9.17, 15) is 0 Å². The van der Waals surface area contributed by atoms with Crippen molar-refractivity contribution in [3.05, 3.63) is 41.5 Å². The largest absolute Gasteiger partial charge is 0.495 e. The Labute approximate surface area is 118 Å². The molecule has 104 valence electrons. The lowest BCUT2D eigenvalue weighted by atomic mass is 10.1. The van der Waals surface area contributed by atoms with Crippen LogP contribution in [0.15, 0.2) is 24.5 Å². The number of aryl methyl sites for hydroxylation is 1. The molecule has 2 rings (SSSR count). The number of nitrogens with zero attached hydrogens (tertiary/aromatic N) is 4. The van der Waals surface area contributed by atoms with Crippen molar-refractivity contribution in [2.45, 2.75) is 13.0 Å². The highest BCUT2D eigenvalue weighted by molar-refractivity contribution is 5.45. The molecule has 0 bridgehead atoms. The lowest BCUT2D eigenvalue weighted by molar-refractivity contribution is 0.412. The van der Waals surface area contributed by atoms with Crippen molar-refractivity contribution in [2.24, 2.45) is 7.05 Å². The summed E-state index contributed by atoms with van der Waals surface area (Å²) in [7, 11) is 3.42. The van der Waals surface area contributed by atoms with Gasteiger partial charge in [0.25, 0.3) is 0 Å². The van der Waals surface area contributed by atoms with Gasteiger partial charge in [-0.2, -0.15) is 10.4 Å². The van der Waals surface area contributed by atoms with Gasteiger partial charge in [0.15, 0.2) is 5.82 Å². The fourth-order valence-corrected chi connectivity index (χ4v) is 1.87. The van der Waals surface area contributed by atoms with Crippen LogP contribution in [-0.2, 0) is 20.0 Å². The molecule has 0 aliphatic heterocycles. The second kappa shape index (κ2) is 6.68. The average molecular weight is 271 g/mol. The fourth-order valence-electron chi connectivity index (χ4n) is 1.87. The number of rotatable bonds is 6. The molecule has 0 radical (unpaired) electrons. The van der Waals surface area contributed by atoms with Gasteiger partial charge in [-0.1, -0.05) is 6.07 Å². The molecule has 0 atom stereocenters. The molecule has 0 spiro atoms. The summed E-state index contributed by atoms with van der Waals surface area (Å²) in [6, 6.07) is 7.68. The van der Waals surface area contributed by atoms with Crippen LogP contribution in [0.25, 0.3) is 0 Å². The maximum Gasteiger partial charge on any atom is 0.151 e. The summed E-state index contributed by atoms with van der Waals surface area (Å²) in [5, 5.41) is 16.5. The van der Waals surface area contributed by atoms with Gasteiger partial charge in [-0.25, -0.2) is 4.98 Å². The van der Waals surface area contributed by atoms with Crippen LogP contribution in [0.3, 0.4) is 0 Å². The summed E-state index contributed by atoms with van der Waals surface area (Å²) < 4.78 is 6.88. The van der Waals surface area contributed by atoms with E-state index in [0.29, 0.717) is 11.3 Å². The predicted octanol–water partition coefficient (Wildman–Crippen LogP) is 1.03. The molecule has 0 unspecified atom stereocenters. The van der Waals surface area contributed by atoms with Gasteiger partial charge in [-0.15, -0.1) is 0 Å². The van der Waals surface area contributed by atoms with Crippen molar-refractivity contribution in [2.75, 3.05) is 13.7 Å². The highest BCUT2D eigenvalue weighted by atomic mass is 16.5. The van der Waals surface area contributed by atoms with Crippen molar-refractivity contribution in [3.8, 4) is 11.8 Å². The number of ether oxygens (including phenoxy) is 1. The Kier molecular flexibility index (Phi) is 4.69. The predicted molar refractivity (Wildman–Crippen MR) is 74.1 cm³/mol.